The Labute approximate surface area is 204 Å². The fraction of sp³-hybridized carbons (Fsp3) is 0.444. The number of ether oxygens (including phenoxy) is 1. The van der Waals surface area contributed by atoms with Crippen molar-refractivity contribution < 1.29 is 29.3 Å². The second kappa shape index (κ2) is 10.1. The summed E-state index contributed by atoms with van der Waals surface area (Å²) in [6.07, 6.45) is 0.801. The van der Waals surface area contributed by atoms with E-state index in [0.29, 0.717) is 12.8 Å². The molecule has 2 unspecified atom stereocenters. The molecule has 0 bridgehead atoms. The number of carboxylic acid groups (broad SMARTS) is 1. The number of aliphatic hydroxyl groups excluding tert-OH is 1. The summed E-state index contributed by atoms with van der Waals surface area (Å²) in [7, 11) is 0. The first kappa shape index (κ1) is 24.7. The number of carbonyl (C=O) groups excluding carboxylic acids is 2. The number of alkyl carbamates (subject to hydrolysis) is 1. The molecule has 0 heterocycles. The van der Waals surface area contributed by atoms with E-state index in [1.54, 1.807) is 6.92 Å². The third-order valence-electron chi connectivity index (χ3n) is 7.30. The van der Waals surface area contributed by atoms with Gasteiger partial charge in [0, 0.05) is 5.92 Å². The number of nitrogens with one attached hydrogen (secondary N) is 2. The molecule has 0 spiro atoms. The van der Waals surface area contributed by atoms with Crippen LogP contribution in [0.5, 0.6) is 0 Å². The molecule has 8 heteroatoms. The summed E-state index contributed by atoms with van der Waals surface area (Å²) in [6.45, 7) is 3.26. The van der Waals surface area contributed by atoms with E-state index in [2.05, 4.69) is 22.8 Å². The fourth-order valence-electron chi connectivity index (χ4n) is 5.41. The predicted molar refractivity (Wildman–Crippen MR) is 130 cm³/mol. The van der Waals surface area contributed by atoms with Crippen LogP contribution in [0.4, 0.5) is 4.79 Å². The zero-order valence-electron chi connectivity index (χ0n) is 20.0. The Morgan fingerprint density at radius 1 is 1.06 bits per heavy atom. The van der Waals surface area contributed by atoms with Crippen LogP contribution in [0.2, 0.25) is 0 Å². The van der Waals surface area contributed by atoms with Crippen molar-refractivity contribution in [3.05, 3.63) is 59.7 Å². The number of hydrogen-bond donors (Lipinski definition) is 4. The van der Waals surface area contributed by atoms with Gasteiger partial charge in [0.25, 0.3) is 0 Å². The van der Waals surface area contributed by atoms with Crippen molar-refractivity contribution in [1.29, 1.82) is 0 Å². The van der Waals surface area contributed by atoms with E-state index in [0.717, 1.165) is 35.1 Å². The Morgan fingerprint density at radius 2 is 1.66 bits per heavy atom. The normalized spacial score (nSPS) is 22.9. The Balaban J connectivity index is 1.44. The highest BCUT2D eigenvalue weighted by Gasteiger charge is 2.44. The zero-order chi connectivity index (χ0) is 25.2. The molecule has 1 saturated carbocycles. The van der Waals surface area contributed by atoms with E-state index in [9.17, 15) is 24.6 Å². The molecule has 1 fully saturated rings. The van der Waals surface area contributed by atoms with Crippen LogP contribution in [0, 0.1) is 5.92 Å². The van der Waals surface area contributed by atoms with Gasteiger partial charge in [-0.15, -0.1) is 0 Å². The number of rotatable bonds is 7. The van der Waals surface area contributed by atoms with E-state index in [1.807, 2.05) is 36.4 Å². The van der Waals surface area contributed by atoms with Crippen LogP contribution in [-0.2, 0) is 14.3 Å². The lowest BCUT2D eigenvalue weighted by molar-refractivity contribution is -0.146. The van der Waals surface area contributed by atoms with Gasteiger partial charge >= 0.3 is 12.1 Å². The van der Waals surface area contributed by atoms with Gasteiger partial charge in [-0.3, -0.25) is 4.79 Å². The summed E-state index contributed by atoms with van der Waals surface area (Å²) < 4.78 is 5.68. The van der Waals surface area contributed by atoms with Crippen molar-refractivity contribution >= 4 is 18.0 Å². The standard InChI is InChI=1S/C27H32N2O6/c1-16(30)23(25(32)33)28-24(31)22-13-7-8-14-27(22,2)29-26(34)35-15-21-19-11-5-3-9-17(19)18-10-4-6-12-20(18)21/h3-6,9-12,16,21-23,30H,7-8,13-15H2,1-2H3,(H,28,31)(H,29,34)(H,32,33)/t16-,22?,23+,27?/m1/s1. The minimum atomic E-state index is -1.41. The molecule has 4 atom stereocenters. The van der Waals surface area contributed by atoms with E-state index < -0.39 is 41.6 Å². The van der Waals surface area contributed by atoms with Gasteiger partial charge in [-0.25, -0.2) is 9.59 Å². The molecule has 8 nitrogen and oxygen atoms in total. The molecule has 2 amide bonds. The van der Waals surface area contributed by atoms with Crippen LogP contribution in [0.1, 0.15) is 56.6 Å². The monoisotopic (exact) mass is 480 g/mol. The van der Waals surface area contributed by atoms with Crippen molar-refractivity contribution in [2.45, 2.75) is 63.1 Å². The van der Waals surface area contributed by atoms with Crippen LogP contribution in [-0.4, -0.2) is 52.5 Å². The first-order valence-corrected chi connectivity index (χ1v) is 12.1. The van der Waals surface area contributed by atoms with E-state index in [4.69, 9.17) is 4.74 Å². The molecule has 0 saturated heterocycles. The molecule has 2 aromatic carbocycles. The minimum absolute atomic E-state index is 0.0752. The number of benzene rings is 2. The molecule has 2 aliphatic rings. The third kappa shape index (κ3) is 5.03. The van der Waals surface area contributed by atoms with Crippen molar-refractivity contribution in [3.63, 3.8) is 0 Å². The molecular formula is C27H32N2O6. The fourth-order valence-corrected chi connectivity index (χ4v) is 5.41. The number of hydrogen-bond acceptors (Lipinski definition) is 5. The first-order valence-electron chi connectivity index (χ1n) is 12.1. The summed E-state index contributed by atoms with van der Waals surface area (Å²) in [5, 5.41) is 24.4. The molecule has 0 radical (unpaired) electrons. The quantitative estimate of drug-likeness (QED) is 0.481. The zero-order valence-corrected chi connectivity index (χ0v) is 20.0. The summed E-state index contributed by atoms with van der Waals surface area (Å²) >= 11 is 0. The Morgan fingerprint density at radius 3 is 2.23 bits per heavy atom. The largest absolute Gasteiger partial charge is 0.480 e. The average molecular weight is 481 g/mol. The molecule has 2 aromatic rings. The van der Waals surface area contributed by atoms with E-state index in [-0.39, 0.29) is 12.5 Å². The smallest absolute Gasteiger partial charge is 0.407 e. The highest BCUT2D eigenvalue weighted by atomic mass is 16.5. The van der Waals surface area contributed by atoms with Crippen LogP contribution in [0.25, 0.3) is 11.1 Å². The van der Waals surface area contributed by atoms with Gasteiger partial charge in [0.05, 0.1) is 17.6 Å². The topological polar surface area (TPSA) is 125 Å². The Hall–Kier alpha value is -3.39. The number of fused-ring (bicyclic) bond motifs is 3. The van der Waals surface area contributed by atoms with Gasteiger partial charge in [0.1, 0.15) is 6.61 Å². The van der Waals surface area contributed by atoms with Crippen molar-refractivity contribution in [1.82, 2.24) is 10.6 Å². The third-order valence-corrected chi connectivity index (χ3v) is 7.30. The summed E-state index contributed by atoms with van der Waals surface area (Å²) in [5.74, 6) is -2.53. The average Bonchev–Trinajstić information content (AvgIpc) is 3.14. The lowest BCUT2D eigenvalue weighted by Crippen LogP contribution is -2.60. The van der Waals surface area contributed by atoms with Crippen molar-refractivity contribution in [2.24, 2.45) is 5.92 Å². The number of aliphatic carboxylic acids is 1. The number of carboxylic acids is 1. The van der Waals surface area contributed by atoms with Gasteiger partial charge in [0.2, 0.25) is 5.91 Å². The second-order valence-electron chi connectivity index (χ2n) is 9.73. The second-order valence-corrected chi connectivity index (χ2v) is 9.73. The van der Waals surface area contributed by atoms with E-state index >= 15 is 0 Å². The molecular weight excluding hydrogens is 448 g/mol. The van der Waals surface area contributed by atoms with Crippen LogP contribution in [0.15, 0.2) is 48.5 Å². The molecule has 186 valence electrons. The Kier molecular flexibility index (Phi) is 7.12. The maximum atomic E-state index is 13.0. The van der Waals surface area contributed by atoms with E-state index in [1.165, 1.54) is 6.92 Å². The highest BCUT2D eigenvalue weighted by Crippen LogP contribution is 2.44. The van der Waals surface area contributed by atoms with Crippen LogP contribution < -0.4 is 10.6 Å². The van der Waals surface area contributed by atoms with Crippen molar-refractivity contribution in [3.8, 4) is 11.1 Å². The minimum Gasteiger partial charge on any atom is -0.480 e. The molecule has 35 heavy (non-hydrogen) atoms. The molecule has 0 aliphatic heterocycles. The van der Waals surface area contributed by atoms with Gasteiger partial charge in [-0.2, -0.15) is 0 Å². The number of carbonyl (C=O) groups is 3. The molecule has 2 aliphatic carbocycles. The summed E-state index contributed by atoms with van der Waals surface area (Å²) in [4.78, 5) is 37.3. The SMILES string of the molecule is C[C@@H](O)[C@H](NC(=O)C1CCCCC1(C)NC(=O)OCC1c2ccccc2-c2ccccc21)C(=O)O. The lowest BCUT2D eigenvalue weighted by Gasteiger charge is -2.41. The molecule has 4 N–H and O–H groups in total. The highest BCUT2D eigenvalue weighted by molar-refractivity contribution is 5.87. The first-order chi connectivity index (χ1) is 16.7. The number of aliphatic hydroxyl groups is 1. The van der Waals surface area contributed by atoms with Crippen LogP contribution in [0.3, 0.4) is 0 Å². The maximum Gasteiger partial charge on any atom is 0.407 e. The Bertz CT molecular complexity index is 1070. The van der Waals surface area contributed by atoms with Gasteiger partial charge in [0.15, 0.2) is 6.04 Å². The van der Waals surface area contributed by atoms with Gasteiger partial charge in [-0.05, 0) is 48.9 Å². The summed E-state index contributed by atoms with van der Waals surface area (Å²) in [5.41, 5.74) is 3.60. The predicted octanol–water partition coefficient (Wildman–Crippen LogP) is 3.42. The van der Waals surface area contributed by atoms with Gasteiger partial charge < -0.3 is 25.6 Å². The van der Waals surface area contributed by atoms with Crippen molar-refractivity contribution in [2.75, 3.05) is 6.61 Å². The maximum absolute atomic E-state index is 13.0. The summed E-state index contributed by atoms with van der Waals surface area (Å²) in [6, 6.07) is 14.7. The van der Waals surface area contributed by atoms with Crippen LogP contribution >= 0.6 is 0 Å². The lowest BCUT2D eigenvalue weighted by atomic mass is 9.73. The molecule has 0 aromatic heterocycles. The van der Waals surface area contributed by atoms with Gasteiger partial charge in [-0.1, -0.05) is 61.4 Å². The number of amides is 2. The molecule has 4 rings (SSSR count).